The topological polar surface area (TPSA) is 30.7 Å². The summed E-state index contributed by atoms with van der Waals surface area (Å²) in [4.78, 5) is 4.01. The summed E-state index contributed by atoms with van der Waals surface area (Å²) < 4.78 is 1.88. The van der Waals surface area contributed by atoms with Crippen LogP contribution in [0.25, 0.3) is 0 Å². The molecule has 0 fully saturated rings. The fraction of sp³-hybridized carbons (Fsp3) is 0.200. The van der Waals surface area contributed by atoms with Gasteiger partial charge in [-0.2, -0.15) is 5.10 Å². The Hall–Kier alpha value is -1.35. The lowest BCUT2D eigenvalue weighted by molar-refractivity contribution is 0.684. The van der Waals surface area contributed by atoms with Crippen LogP contribution < -0.4 is 0 Å². The van der Waals surface area contributed by atoms with Gasteiger partial charge in [-0.3, -0.25) is 4.68 Å². The lowest BCUT2D eigenvalue weighted by Crippen LogP contribution is -1.99. The van der Waals surface area contributed by atoms with Crippen molar-refractivity contribution in [3.8, 4) is 0 Å². The van der Waals surface area contributed by atoms with Crippen molar-refractivity contribution in [2.24, 2.45) is 0 Å². The van der Waals surface area contributed by atoms with Crippen LogP contribution in [0.2, 0.25) is 5.15 Å². The van der Waals surface area contributed by atoms with E-state index in [1.54, 1.807) is 12.3 Å². The van der Waals surface area contributed by atoms with Gasteiger partial charge in [-0.05, 0) is 24.1 Å². The van der Waals surface area contributed by atoms with Gasteiger partial charge in [-0.15, -0.1) is 0 Å². The van der Waals surface area contributed by atoms with E-state index in [1.807, 2.05) is 30.1 Å². The van der Waals surface area contributed by atoms with Gasteiger partial charge in [-0.25, -0.2) is 4.98 Å². The number of aryl methyl sites for hydroxylation is 1. The molecule has 0 bridgehead atoms. The number of nitrogens with zero attached hydrogens (tertiary/aromatic N) is 3. The molecule has 72 valence electrons. The molecule has 0 N–H and O–H groups in total. The number of hydrogen-bond donors (Lipinski definition) is 0. The molecule has 0 unspecified atom stereocenters. The number of pyridine rings is 1. The van der Waals surface area contributed by atoms with Crippen LogP contribution in [0.15, 0.2) is 30.7 Å². The zero-order valence-corrected chi connectivity index (χ0v) is 8.57. The van der Waals surface area contributed by atoms with Gasteiger partial charge in [0, 0.05) is 12.4 Å². The van der Waals surface area contributed by atoms with Gasteiger partial charge in [-0.1, -0.05) is 17.7 Å². The van der Waals surface area contributed by atoms with Crippen LogP contribution in [-0.2, 0) is 6.54 Å². The fourth-order valence-electron chi connectivity index (χ4n) is 1.24. The van der Waals surface area contributed by atoms with Crippen molar-refractivity contribution in [3.05, 3.63) is 47.0 Å². The van der Waals surface area contributed by atoms with E-state index in [-0.39, 0.29) is 0 Å². The second-order valence-corrected chi connectivity index (χ2v) is 3.59. The first-order valence-electron chi connectivity index (χ1n) is 4.33. The van der Waals surface area contributed by atoms with Crippen LogP contribution in [0.4, 0.5) is 0 Å². The van der Waals surface area contributed by atoms with Gasteiger partial charge < -0.3 is 0 Å². The Morgan fingerprint density at radius 2 is 2.21 bits per heavy atom. The van der Waals surface area contributed by atoms with Gasteiger partial charge in [0.2, 0.25) is 0 Å². The Balaban J connectivity index is 2.15. The molecule has 0 radical (unpaired) electrons. The van der Waals surface area contributed by atoms with Gasteiger partial charge in [0.15, 0.2) is 0 Å². The SMILES string of the molecule is Cc1cnn(Cc2ccc(Cl)nc2)c1. The van der Waals surface area contributed by atoms with E-state index < -0.39 is 0 Å². The summed E-state index contributed by atoms with van der Waals surface area (Å²) in [7, 11) is 0. The van der Waals surface area contributed by atoms with E-state index in [0.717, 1.165) is 17.7 Å². The zero-order valence-electron chi connectivity index (χ0n) is 7.81. The summed E-state index contributed by atoms with van der Waals surface area (Å²) in [6.45, 7) is 2.75. The molecule has 0 atom stereocenters. The number of aromatic nitrogens is 3. The van der Waals surface area contributed by atoms with Crippen LogP contribution >= 0.6 is 11.6 Å². The predicted octanol–water partition coefficient (Wildman–Crippen LogP) is 2.29. The van der Waals surface area contributed by atoms with Crippen molar-refractivity contribution in [2.75, 3.05) is 0 Å². The molecule has 2 rings (SSSR count). The molecule has 0 spiro atoms. The van der Waals surface area contributed by atoms with Crippen molar-refractivity contribution in [2.45, 2.75) is 13.5 Å². The standard InChI is InChI=1S/C10H10ClN3/c1-8-4-13-14(6-8)7-9-2-3-10(11)12-5-9/h2-6H,7H2,1H3. The maximum atomic E-state index is 5.69. The van der Waals surface area contributed by atoms with Crippen molar-refractivity contribution < 1.29 is 0 Å². The number of hydrogen-bond acceptors (Lipinski definition) is 2. The largest absolute Gasteiger partial charge is 0.268 e. The predicted molar refractivity (Wildman–Crippen MR) is 55.3 cm³/mol. The second kappa shape index (κ2) is 3.80. The Kier molecular flexibility index (Phi) is 2.50. The minimum Gasteiger partial charge on any atom is -0.268 e. The number of halogens is 1. The highest BCUT2D eigenvalue weighted by Gasteiger charge is 1.97. The lowest BCUT2D eigenvalue weighted by atomic mass is 10.3. The van der Waals surface area contributed by atoms with E-state index >= 15 is 0 Å². The van der Waals surface area contributed by atoms with E-state index in [0.29, 0.717) is 5.15 Å². The highest BCUT2D eigenvalue weighted by Crippen LogP contribution is 2.06. The van der Waals surface area contributed by atoms with Crippen LogP contribution in [0.1, 0.15) is 11.1 Å². The summed E-state index contributed by atoms with van der Waals surface area (Å²) >= 11 is 5.69. The molecule has 0 aliphatic rings. The highest BCUT2D eigenvalue weighted by molar-refractivity contribution is 6.29. The summed E-state index contributed by atoms with van der Waals surface area (Å²) in [6, 6.07) is 3.74. The molecule has 0 aromatic carbocycles. The van der Waals surface area contributed by atoms with Crippen molar-refractivity contribution in [1.29, 1.82) is 0 Å². The molecule has 0 aliphatic carbocycles. The van der Waals surface area contributed by atoms with Gasteiger partial charge in [0.25, 0.3) is 0 Å². The Morgan fingerprint density at radius 1 is 1.36 bits per heavy atom. The smallest absolute Gasteiger partial charge is 0.129 e. The average Bonchev–Trinajstić information content (AvgIpc) is 2.56. The minimum absolute atomic E-state index is 0.519. The monoisotopic (exact) mass is 207 g/mol. The maximum Gasteiger partial charge on any atom is 0.129 e. The Morgan fingerprint density at radius 3 is 2.79 bits per heavy atom. The van der Waals surface area contributed by atoms with Gasteiger partial charge in [0.05, 0.1) is 12.7 Å². The fourth-order valence-corrected chi connectivity index (χ4v) is 1.35. The molecule has 2 aromatic heterocycles. The molecule has 0 saturated carbocycles. The Bertz CT molecular complexity index is 419. The quantitative estimate of drug-likeness (QED) is 0.708. The minimum atomic E-state index is 0.519. The van der Waals surface area contributed by atoms with Gasteiger partial charge >= 0.3 is 0 Å². The van der Waals surface area contributed by atoms with E-state index in [1.165, 1.54) is 0 Å². The molecule has 0 aliphatic heterocycles. The molecular weight excluding hydrogens is 198 g/mol. The van der Waals surface area contributed by atoms with E-state index in [4.69, 9.17) is 11.6 Å². The molecule has 14 heavy (non-hydrogen) atoms. The lowest BCUT2D eigenvalue weighted by Gasteiger charge is -2.00. The normalized spacial score (nSPS) is 10.4. The van der Waals surface area contributed by atoms with Crippen LogP contribution in [0, 0.1) is 6.92 Å². The molecular formula is C10H10ClN3. The molecule has 3 nitrogen and oxygen atoms in total. The molecule has 4 heteroatoms. The second-order valence-electron chi connectivity index (χ2n) is 3.20. The van der Waals surface area contributed by atoms with Crippen LogP contribution in [0.3, 0.4) is 0 Å². The van der Waals surface area contributed by atoms with Crippen molar-refractivity contribution in [1.82, 2.24) is 14.8 Å². The third-order valence-electron chi connectivity index (χ3n) is 1.90. The average molecular weight is 208 g/mol. The number of rotatable bonds is 2. The van der Waals surface area contributed by atoms with Crippen LogP contribution in [0.5, 0.6) is 0 Å². The maximum absolute atomic E-state index is 5.69. The highest BCUT2D eigenvalue weighted by atomic mass is 35.5. The third-order valence-corrected chi connectivity index (χ3v) is 2.12. The van der Waals surface area contributed by atoms with Gasteiger partial charge in [0.1, 0.15) is 5.15 Å². The molecule has 0 amide bonds. The molecule has 2 heterocycles. The van der Waals surface area contributed by atoms with Crippen LogP contribution in [-0.4, -0.2) is 14.8 Å². The van der Waals surface area contributed by atoms with E-state index in [2.05, 4.69) is 10.1 Å². The van der Waals surface area contributed by atoms with Crippen molar-refractivity contribution in [3.63, 3.8) is 0 Å². The molecule has 2 aromatic rings. The molecule has 0 saturated heterocycles. The summed E-state index contributed by atoms with van der Waals surface area (Å²) in [5, 5.41) is 4.71. The first-order valence-corrected chi connectivity index (χ1v) is 4.71. The Labute approximate surface area is 87.3 Å². The summed E-state index contributed by atoms with van der Waals surface area (Å²) in [6.07, 6.45) is 5.59. The summed E-state index contributed by atoms with van der Waals surface area (Å²) in [5.41, 5.74) is 2.25. The summed E-state index contributed by atoms with van der Waals surface area (Å²) in [5.74, 6) is 0. The first kappa shape index (κ1) is 9.21. The zero-order chi connectivity index (χ0) is 9.97. The first-order chi connectivity index (χ1) is 6.74. The third kappa shape index (κ3) is 2.12. The van der Waals surface area contributed by atoms with E-state index in [9.17, 15) is 0 Å². The van der Waals surface area contributed by atoms with Crippen molar-refractivity contribution >= 4 is 11.6 Å².